The molecule has 1 aromatic heterocycles. The van der Waals surface area contributed by atoms with Gasteiger partial charge in [0, 0.05) is 18.2 Å². The van der Waals surface area contributed by atoms with Gasteiger partial charge in [-0.25, -0.2) is 4.68 Å². The first-order chi connectivity index (χ1) is 15.1. The van der Waals surface area contributed by atoms with Crippen LogP contribution in [0.4, 0.5) is 0 Å². The first-order valence-electron chi connectivity index (χ1n) is 9.80. The minimum atomic E-state index is -0.314. The van der Waals surface area contributed by atoms with Crippen molar-refractivity contribution in [1.82, 2.24) is 20.3 Å². The molecular weight excluding hydrogens is 400 g/mol. The van der Waals surface area contributed by atoms with Gasteiger partial charge in [0.05, 0.1) is 40.2 Å². The summed E-state index contributed by atoms with van der Waals surface area (Å²) in [7, 11) is 4.80. The van der Waals surface area contributed by atoms with E-state index < -0.39 is 0 Å². The average molecular weight is 424 g/mol. The van der Waals surface area contributed by atoms with Gasteiger partial charge in [-0.15, -0.1) is 5.10 Å². The van der Waals surface area contributed by atoms with Crippen LogP contribution in [-0.4, -0.2) is 42.2 Å². The quantitative estimate of drug-likeness (QED) is 0.622. The van der Waals surface area contributed by atoms with Gasteiger partial charge in [-0.2, -0.15) is 0 Å². The number of hydrogen-bond donors (Lipinski definition) is 1. The second-order valence-electron chi connectivity index (χ2n) is 7.00. The molecule has 1 amide bonds. The molecule has 0 aliphatic carbocycles. The number of methoxy groups -OCH3 is 3. The van der Waals surface area contributed by atoms with Crippen molar-refractivity contribution in [3.05, 3.63) is 65.0 Å². The van der Waals surface area contributed by atoms with Crippen LogP contribution in [0.3, 0.4) is 0 Å². The number of carbonyl (C=O) groups excluding carboxylic acids is 1. The van der Waals surface area contributed by atoms with E-state index in [9.17, 15) is 4.79 Å². The van der Waals surface area contributed by atoms with Crippen molar-refractivity contribution in [3.63, 3.8) is 0 Å². The average Bonchev–Trinajstić information content (AvgIpc) is 3.26. The summed E-state index contributed by atoms with van der Waals surface area (Å²) in [6.07, 6.45) is -0.167. The molecule has 0 spiro atoms. The Hall–Kier alpha value is -3.59. The maximum atomic E-state index is 12.7. The molecule has 31 heavy (non-hydrogen) atoms. The van der Waals surface area contributed by atoms with Gasteiger partial charge in [0.25, 0.3) is 5.91 Å². The Kier molecular flexibility index (Phi) is 6.03. The van der Waals surface area contributed by atoms with Crippen LogP contribution in [0.15, 0.2) is 42.5 Å². The molecule has 0 fully saturated rings. The summed E-state index contributed by atoms with van der Waals surface area (Å²) in [4.78, 5) is 12.7. The molecule has 0 saturated heterocycles. The van der Waals surface area contributed by atoms with Gasteiger partial charge < -0.3 is 24.3 Å². The fourth-order valence-corrected chi connectivity index (χ4v) is 3.47. The summed E-state index contributed by atoms with van der Waals surface area (Å²) in [6.45, 7) is 1.01. The highest BCUT2D eigenvalue weighted by Crippen LogP contribution is 2.28. The topological polar surface area (TPSA) is 96.7 Å². The number of benzene rings is 2. The molecule has 1 aliphatic rings. The lowest BCUT2D eigenvalue weighted by molar-refractivity contribution is -0.00179. The molecule has 2 heterocycles. The van der Waals surface area contributed by atoms with E-state index in [0.717, 1.165) is 16.9 Å². The van der Waals surface area contributed by atoms with Crippen molar-refractivity contribution >= 4 is 5.91 Å². The highest BCUT2D eigenvalue weighted by atomic mass is 16.5. The number of amides is 1. The summed E-state index contributed by atoms with van der Waals surface area (Å²) < 4.78 is 23.5. The minimum Gasteiger partial charge on any atom is -0.497 e. The maximum Gasteiger partial charge on any atom is 0.274 e. The highest BCUT2D eigenvalue weighted by molar-refractivity contribution is 5.93. The molecular formula is C22H24N4O5. The van der Waals surface area contributed by atoms with Crippen molar-refractivity contribution < 1.29 is 23.7 Å². The third-order valence-corrected chi connectivity index (χ3v) is 5.23. The van der Waals surface area contributed by atoms with Crippen molar-refractivity contribution in [2.45, 2.75) is 25.8 Å². The number of ether oxygens (including phenoxy) is 4. The molecule has 0 saturated carbocycles. The number of fused-ring (bicyclic) bond motifs is 1. The van der Waals surface area contributed by atoms with Crippen molar-refractivity contribution in [2.24, 2.45) is 0 Å². The van der Waals surface area contributed by atoms with Gasteiger partial charge in [0.15, 0.2) is 5.69 Å². The Labute approximate surface area is 179 Å². The summed E-state index contributed by atoms with van der Waals surface area (Å²) in [5.41, 5.74) is 2.76. The summed E-state index contributed by atoms with van der Waals surface area (Å²) in [5.74, 6) is 1.79. The number of nitrogens with one attached hydrogen (secondary N) is 1. The molecule has 9 heteroatoms. The van der Waals surface area contributed by atoms with E-state index in [1.54, 1.807) is 32.1 Å². The van der Waals surface area contributed by atoms with Gasteiger partial charge in [-0.1, -0.05) is 17.3 Å². The standard InChI is InChI=1S/C22H24N4O5/c1-28-16-7-4-14(5-8-16)20-12-26-18(13-31-20)21(24-25-26)22(27)23-11-15-6-9-17(29-2)10-19(15)30-3/h4-10,20H,11-13H2,1-3H3,(H,23,27)/t20-/m0/s1. The van der Waals surface area contributed by atoms with E-state index in [1.807, 2.05) is 36.4 Å². The zero-order valence-corrected chi connectivity index (χ0v) is 17.6. The minimum absolute atomic E-state index is 0.167. The molecule has 0 bridgehead atoms. The predicted molar refractivity (Wildman–Crippen MR) is 111 cm³/mol. The molecule has 2 aromatic carbocycles. The summed E-state index contributed by atoms with van der Waals surface area (Å²) in [5, 5.41) is 11.1. The van der Waals surface area contributed by atoms with Crippen molar-refractivity contribution in [2.75, 3.05) is 21.3 Å². The second-order valence-corrected chi connectivity index (χ2v) is 7.00. The van der Waals surface area contributed by atoms with Crippen LogP contribution in [0.1, 0.15) is 33.4 Å². The van der Waals surface area contributed by atoms with Crippen LogP contribution in [-0.2, 0) is 24.4 Å². The normalized spacial score (nSPS) is 15.1. The Bertz CT molecular complexity index is 1060. The smallest absolute Gasteiger partial charge is 0.274 e. The van der Waals surface area contributed by atoms with Crippen molar-refractivity contribution in [1.29, 1.82) is 0 Å². The third kappa shape index (κ3) is 4.31. The monoisotopic (exact) mass is 424 g/mol. The van der Waals surface area contributed by atoms with Crippen LogP contribution < -0.4 is 19.5 Å². The fraction of sp³-hybridized carbons (Fsp3) is 0.318. The van der Waals surface area contributed by atoms with E-state index in [4.69, 9.17) is 18.9 Å². The number of nitrogens with zero attached hydrogens (tertiary/aromatic N) is 3. The van der Waals surface area contributed by atoms with Crippen LogP contribution in [0.5, 0.6) is 17.2 Å². The zero-order valence-electron chi connectivity index (χ0n) is 17.6. The molecule has 162 valence electrons. The van der Waals surface area contributed by atoms with E-state index >= 15 is 0 Å². The molecule has 0 unspecified atom stereocenters. The van der Waals surface area contributed by atoms with Gasteiger partial charge in [-0.05, 0) is 29.8 Å². The molecule has 3 aromatic rings. The van der Waals surface area contributed by atoms with Gasteiger partial charge >= 0.3 is 0 Å². The summed E-state index contributed by atoms with van der Waals surface area (Å²) >= 11 is 0. The van der Waals surface area contributed by atoms with Gasteiger partial charge in [-0.3, -0.25) is 4.79 Å². The number of hydrogen-bond acceptors (Lipinski definition) is 7. The van der Waals surface area contributed by atoms with E-state index in [-0.39, 0.29) is 30.9 Å². The lowest BCUT2D eigenvalue weighted by atomic mass is 10.1. The predicted octanol–water partition coefficient (Wildman–Crippen LogP) is 2.51. The molecule has 1 atom stereocenters. The Morgan fingerprint density at radius 3 is 2.55 bits per heavy atom. The van der Waals surface area contributed by atoms with E-state index in [0.29, 0.717) is 23.7 Å². The molecule has 1 N–H and O–H groups in total. The van der Waals surface area contributed by atoms with Crippen LogP contribution >= 0.6 is 0 Å². The van der Waals surface area contributed by atoms with Crippen molar-refractivity contribution in [3.8, 4) is 17.2 Å². The first-order valence-corrected chi connectivity index (χ1v) is 9.80. The lowest BCUT2D eigenvalue weighted by Crippen LogP contribution is -2.27. The maximum absolute atomic E-state index is 12.7. The zero-order chi connectivity index (χ0) is 21.8. The largest absolute Gasteiger partial charge is 0.497 e. The molecule has 9 nitrogen and oxygen atoms in total. The van der Waals surface area contributed by atoms with Crippen LogP contribution in [0.25, 0.3) is 0 Å². The molecule has 0 radical (unpaired) electrons. The summed E-state index contributed by atoms with van der Waals surface area (Å²) in [6, 6.07) is 13.1. The third-order valence-electron chi connectivity index (χ3n) is 5.23. The van der Waals surface area contributed by atoms with Crippen LogP contribution in [0, 0.1) is 0 Å². The van der Waals surface area contributed by atoms with Gasteiger partial charge in [0.2, 0.25) is 0 Å². The van der Waals surface area contributed by atoms with E-state index in [2.05, 4.69) is 15.6 Å². The fourth-order valence-electron chi connectivity index (χ4n) is 3.47. The van der Waals surface area contributed by atoms with E-state index in [1.165, 1.54) is 0 Å². The Morgan fingerprint density at radius 2 is 1.84 bits per heavy atom. The first kappa shape index (κ1) is 20.7. The highest BCUT2D eigenvalue weighted by Gasteiger charge is 2.27. The SMILES string of the molecule is COc1ccc([C@@H]2Cn3nnc(C(=O)NCc4ccc(OC)cc4OC)c3CO2)cc1. The number of carbonyl (C=O) groups is 1. The number of rotatable bonds is 7. The van der Waals surface area contributed by atoms with Gasteiger partial charge in [0.1, 0.15) is 23.4 Å². The molecule has 1 aliphatic heterocycles. The number of aromatic nitrogens is 3. The Morgan fingerprint density at radius 1 is 1.10 bits per heavy atom. The second kappa shape index (κ2) is 9.05. The van der Waals surface area contributed by atoms with Crippen LogP contribution in [0.2, 0.25) is 0 Å². The lowest BCUT2D eigenvalue weighted by Gasteiger charge is -2.24. The Balaban J connectivity index is 1.43. The molecule has 4 rings (SSSR count).